The van der Waals surface area contributed by atoms with Gasteiger partial charge in [-0.1, -0.05) is 6.07 Å². The Hall–Kier alpha value is -3.39. The molecule has 2 heterocycles. The Morgan fingerprint density at radius 1 is 1.23 bits per heavy atom. The van der Waals surface area contributed by atoms with E-state index in [1.165, 1.54) is 6.33 Å². The van der Waals surface area contributed by atoms with Crippen LogP contribution in [0.2, 0.25) is 0 Å². The number of nitrogens with one attached hydrogen (secondary N) is 1. The smallest absolute Gasteiger partial charge is 0.251 e. The summed E-state index contributed by atoms with van der Waals surface area (Å²) in [5.41, 5.74) is 2.33. The van der Waals surface area contributed by atoms with E-state index >= 15 is 0 Å². The monoisotopic (exact) mass is 408 g/mol. The van der Waals surface area contributed by atoms with Crippen molar-refractivity contribution in [3.63, 3.8) is 0 Å². The first kappa shape index (κ1) is 19.9. The molecule has 8 heteroatoms. The predicted molar refractivity (Wildman–Crippen MR) is 110 cm³/mol. The van der Waals surface area contributed by atoms with Gasteiger partial charge in [0.15, 0.2) is 11.5 Å². The highest BCUT2D eigenvalue weighted by Crippen LogP contribution is 2.29. The zero-order chi connectivity index (χ0) is 20.8. The van der Waals surface area contributed by atoms with Crippen molar-refractivity contribution in [3.8, 4) is 17.2 Å². The van der Waals surface area contributed by atoms with Crippen LogP contribution in [0.3, 0.4) is 0 Å². The van der Waals surface area contributed by atoms with Gasteiger partial charge in [-0.25, -0.2) is 9.67 Å². The molecule has 1 N–H and O–H groups in total. The van der Waals surface area contributed by atoms with Gasteiger partial charge < -0.3 is 19.5 Å². The van der Waals surface area contributed by atoms with Crippen LogP contribution in [0.4, 0.5) is 0 Å². The SMILES string of the molecule is COc1cc(CNC(=O)c2ccc(-n3cncn3)cc2)ccc1OCC1CCCO1. The number of carbonyl (C=O) groups excluding carboxylic acids is 1. The van der Waals surface area contributed by atoms with Gasteiger partial charge in [0.05, 0.1) is 18.9 Å². The van der Waals surface area contributed by atoms with Crippen LogP contribution in [0.5, 0.6) is 11.5 Å². The summed E-state index contributed by atoms with van der Waals surface area (Å²) in [6.45, 7) is 1.69. The first-order valence-electron chi connectivity index (χ1n) is 9.87. The normalized spacial score (nSPS) is 15.7. The van der Waals surface area contributed by atoms with Crippen LogP contribution in [-0.4, -0.2) is 47.1 Å². The van der Waals surface area contributed by atoms with Crippen LogP contribution in [0.1, 0.15) is 28.8 Å². The molecule has 30 heavy (non-hydrogen) atoms. The fraction of sp³-hybridized carbons (Fsp3) is 0.318. The molecule has 1 saturated heterocycles. The molecule has 8 nitrogen and oxygen atoms in total. The highest BCUT2D eigenvalue weighted by Gasteiger charge is 2.17. The van der Waals surface area contributed by atoms with Crippen LogP contribution >= 0.6 is 0 Å². The summed E-state index contributed by atoms with van der Waals surface area (Å²) in [5.74, 6) is 1.15. The number of rotatable bonds is 8. The summed E-state index contributed by atoms with van der Waals surface area (Å²) in [6, 6.07) is 12.8. The standard InChI is InChI=1S/C22H24N4O4/c1-28-21-11-16(4-9-20(21)30-13-19-3-2-10-29-19)12-24-22(27)17-5-7-18(8-6-17)26-15-23-14-25-26/h4-9,11,14-15,19H,2-3,10,12-13H2,1H3,(H,24,27). The minimum absolute atomic E-state index is 0.143. The van der Waals surface area contributed by atoms with Crippen molar-refractivity contribution in [2.75, 3.05) is 20.3 Å². The Bertz CT molecular complexity index is 967. The van der Waals surface area contributed by atoms with Gasteiger partial charge in [-0.05, 0) is 54.8 Å². The van der Waals surface area contributed by atoms with Crippen molar-refractivity contribution >= 4 is 5.91 Å². The Morgan fingerprint density at radius 2 is 2.10 bits per heavy atom. The number of ether oxygens (including phenoxy) is 3. The third kappa shape index (κ3) is 4.77. The molecular formula is C22H24N4O4. The zero-order valence-electron chi connectivity index (χ0n) is 16.8. The molecule has 0 aliphatic carbocycles. The van der Waals surface area contributed by atoms with Gasteiger partial charge in [0.1, 0.15) is 19.3 Å². The lowest BCUT2D eigenvalue weighted by atomic mass is 10.1. The minimum atomic E-state index is -0.155. The minimum Gasteiger partial charge on any atom is -0.493 e. The quantitative estimate of drug-likeness (QED) is 0.617. The molecule has 1 aliphatic rings. The number of amides is 1. The van der Waals surface area contributed by atoms with E-state index in [0.717, 1.165) is 30.7 Å². The van der Waals surface area contributed by atoms with E-state index in [4.69, 9.17) is 14.2 Å². The Balaban J connectivity index is 1.34. The summed E-state index contributed by atoms with van der Waals surface area (Å²) in [4.78, 5) is 16.4. The number of hydrogen-bond acceptors (Lipinski definition) is 6. The fourth-order valence-electron chi connectivity index (χ4n) is 3.29. The summed E-state index contributed by atoms with van der Waals surface area (Å²) in [7, 11) is 1.60. The van der Waals surface area contributed by atoms with E-state index in [2.05, 4.69) is 15.4 Å². The fourth-order valence-corrected chi connectivity index (χ4v) is 3.29. The lowest BCUT2D eigenvalue weighted by Crippen LogP contribution is -2.22. The first-order chi connectivity index (χ1) is 14.7. The maximum absolute atomic E-state index is 12.5. The molecule has 0 bridgehead atoms. The van der Waals surface area contributed by atoms with E-state index in [-0.39, 0.29) is 12.0 Å². The Kier molecular flexibility index (Phi) is 6.24. The van der Waals surface area contributed by atoms with Gasteiger partial charge >= 0.3 is 0 Å². The second-order valence-corrected chi connectivity index (χ2v) is 7.00. The van der Waals surface area contributed by atoms with Gasteiger partial charge in [0.2, 0.25) is 0 Å². The molecule has 1 fully saturated rings. The lowest BCUT2D eigenvalue weighted by Gasteiger charge is -2.15. The maximum atomic E-state index is 12.5. The first-order valence-corrected chi connectivity index (χ1v) is 9.87. The van der Waals surface area contributed by atoms with E-state index in [1.807, 2.05) is 30.3 Å². The highest BCUT2D eigenvalue weighted by molar-refractivity contribution is 5.94. The van der Waals surface area contributed by atoms with Crippen molar-refractivity contribution in [1.29, 1.82) is 0 Å². The summed E-state index contributed by atoms with van der Waals surface area (Å²) >= 11 is 0. The van der Waals surface area contributed by atoms with Crippen molar-refractivity contribution in [2.24, 2.45) is 0 Å². The summed E-state index contributed by atoms with van der Waals surface area (Å²) in [6.07, 6.45) is 5.31. The molecule has 156 valence electrons. The second-order valence-electron chi connectivity index (χ2n) is 7.00. The highest BCUT2D eigenvalue weighted by atomic mass is 16.5. The zero-order valence-corrected chi connectivity index (χ0v) is 16.8. The van der Waals surface area contributed by atoms with Gasteiger partial charge in [-0.2, -0.15) is 5.10 Å². The average Bonchev–Trinajstić information content (AvgIpc) is 3.51. The third-order valence-electron chi connectivity index (χ3n) is 4.94. The van der Waals surface area contributed by atoms with Crippen molar-refractivity contribution in [2.45, 2.75) is 25.5 Å². The number of aromatic nitrogens is 3. The Morgan fingerprint density at radius 3 is 2.80 bits per heavy atom. The molecule has 4 rings (SSSR count). The molecule has 0 saturated carbocycles. The summed E-state index contributed by atoms with van der Waals surface area (Å²) < 4.78 is 18.5. The maximum Gasteiger partial charge on any atom is 0.251 e. The van der Waals surface area contributed by atoms with Crippen LogP contribution in [-0.2, 0) is 11.3 Å². The van der Waals surface area contributed by atoms with Crippen LogP contribution < -0.4 is 14.8 Å². The molecule has 1 atom stereocenters. The number of methoxy groups -OCH3 is 1. The molecule has 1 amide bonds. The van der Waals surface area contributed by atoms with E-state index in [1.54, 1.807) is 30.3 Å². The number of benzene rings is 2. The lowest BCUT2D eigenvalue weighted by molar-refractivity contribution is 0.0669. The van der Waals surface area contributed by atoms with Crippen molar-refractivity contribution < 1.29 is 19.0 Å². The predicted octanol–water partition coefficient (Wildman–Crippen LogP) is 2.76. The second kappa shape index (κ2) is 9.41. The topological polar surface area (TPSA) is 87.5 Å². The molecule has 2 aromatic carbocycles. The van der Waals surface area contributed by atoms with Gasteiger partial charge in [-0.15, -0.1) is 0 Å². The molecule has 3 aromatic rings. The van der Waals surface area contributed by atoms with Crippen LogP contribution in [0.15, 0.2) is 55.1 Å². The number of nitrogens with zero attached hydrogens (tertiary/aromatic N) is 3. The summed E-state index contributed by atoms with van der Waals surface area (Å²) in [5, 5.41) is 7.00. The molecule has 1 unspecified atom stereocenters. The number of hydrogen-bond donors (Lipinski definition) is 1. The molecule has 0 radical (unpaired) electrons. The van der Waals surface area contributed by atoms with Crippen molar-refractivity contribution in [1.82, 2.24) is 20.1 Å². The Labute approximate surface area is 174 Å². The molecule has 0 spiro atoms. The van der Waals surface area contributed by atoms with Gasteiger partial charge in [0, 0.05) is 18.7 Å². The van der Waals surface area contributed by atoms with E-state index < -0.39 is 0 Å². The molecular weight excluding hydrogens is 384 g/mol. The van der Waals surface area contributed by atoms with E-state index in [9.17, 15) is 4.79 Å². The largest absolute Gasteiger partial charge is 0.493 e. The average molecular weight is 408 g/mol. The molecule has 1 aliphatic heterocycles. The molecule has 1 aromatic heterocycles. The van der Waals surface area contributed by atoms with Crippen LogP contribution in [0, 0.1) is 0 Å². The third-order valence-corrected chi connectivity index (χ3v) is 4.94. The van der Waals surface area contributed by atoms with E-state index in [0.29, 0.717) is 30.2 Å². The number of carbonyl (C=O) groups is 1. The van der Waals surface area contributed by atoms with Crippen molar-refractivity contribution in [3.05, 3.63) is 66.2 Å². The van der Waals surface area contributed by atoms with Gasteiger partial charge in [0.25, 0.3) is 5.91 Å². The van der Waals surface area contributed by atoms with Gasteiger partial charge in [-0.3, -0.25) is 4.79 Å². The van der Waals surface area contributed by atoms with Crippen LogP contribution in [0.25, 0.3) is 5.69 Å².